The Morgan fingerprint density at radius 2 is 1.64 bits per heavy atom. The topological polar surface area (TPSA) is 131 Å². The van der Waals surface area contributed by atoms with Gasteiger partial charge in [-0.1, -0.05) is 18.2 Å². The van der Waals surface area contributed by atoms with E-state index in [4.69, 9.17) is 26.8 Å². The monoisotopic (exact) mass is 197 g/mol. The molecule has 0 radical (unpaired) electrons. The molecule has 0 atom stereocenters. The fourth-order valence-corrected chi connectivity index (χ4v) is 0.652. The zero-order valence-electron chi connectivity index (χ0n) is 7.16. The van der Waals surface area contributed by atoms with Gasteiger partial charge in [0.25, 0.3) is 0 Å². The van der Waals surface area contributed by atoms with Gasteiger partial charge in [-0.05, 0) is 12.1 Å². The van der Waals surface area contributed by atoms with Gasteiger partial charge in [-0.25, -0.2) is 4.99 Å². The summed E-state index contributed by atoms with van der Waals surface area (Å²) >= 11 is 0. The molecule has 0 heterocycles. The molecule has 0 fully saturated rings. The lowest BCUT2D eigenvalue weighted by atomic mass is 10.3. The van der Waals surface area contributed by atoms with E-state index in [9.17, 15) is 0 Å². The molecule has 0 unspecified atom stereocenters. The average Bonchev–Trinajstić information content (AvgIpc) is 2.03. The normalized spacial score (nSPS) is 8.00. The van der Waals surface area contributed by atoms with Crippen LogP contribution in [0.2, 0.25) is 0 Å². The third-order valence-corrected chi connectivity index (χ3v) is 1.01. The maximum absolute atomic E-state index is 8.25. The number of aliphatic imine (C=N–C) groups is 1. The molecule has 76 valence electrons. The van der Waals surface area contributed by atoms with Crippen LogP contribution in [0, 0.1) is 15.3 Å². The third-order valence-electron chi connectivity index (χ3n) is 1.01. The first-order chi connectivity index (χ1) is 6.52. The molecule has 0 aliphatic rings. The van der Waals surface area contributed by atoms with Gasteiger partial charge in [0.15, 0.2) is 5.96 Å². The number of guanidine groups is 1. The van der Waals surface area contributed by atoms with Gasteiger partial charge in [0, 0.05) is 0 Å². The van der Waals surface area contributed by atoms with Crippen LogP contribution < -0.4 is 11.5 Å². The zero-order valence-corrected chi connectivity index (χ0v) is 7.16. The van der Waals surface area contributed by atoms with Gasteiger partial charge in [-0.15, -0.1) is 0 Å². The Labute approximate surface area is 79.8 Å². The molecular formula is C7H9N4O3-. The lowest BCUT2D eigenvalue weighted by Crippen LogP contribution is -2.21. The second-order valence-corrected chi connectivity index (χ2v) is 2.10. The minimum atomic E-state index is -1.75. The summed E-state index contributed by atoms with van der Waals surface area (Å²) in [5.74, 6) is 0.0891. The van der Waals surface area contributed by atoms with Crippen molar-refractivity contribution in [2.75, 3.05) is 0 Å². The van der Waals surface area contributed by atoms with Crippen molar-refractivity contribution in [3.63, 3.8) is 0 Å². The van der Waals surface area contributed by atoms with Crippen molar-refractivity contribution in [1.29, 1.82) is 0 Å². The molecule has 4 N–H and O–H groups in total. The predicted molar refractivity (Wildman–Crippen MR) is 52.3 cm³/mol. The Kier molecular flexibility index (Phi) is 5.20. The van der Waals surface area contributed by atoms with Crippen molar-refractivity contribution in [2.24, 2.45) is 16.5 Å². The van der Waals surface area contributed by atoms with Gasteiger partial charge in [-0.3, -0.25) is 0 Å². The first-order valence-corrected chi connectivity index (χ1v) is 3.48. The molecule has 0 saturated heterocycles. The van der Waals surface area contributed by atoms with Gasteiger partial charge >= 0.3 is 0 Å². The van der Waals surface area contributed by atoms with Crippen LogP contribution in [0.3, 0.4) is 0 Å². The number of hydrogen-bond donors (Lipinski definition) is 2. The van der Waals surface area contributed by atoms with Crippen LogP contribution in [0.4, 0.5) is 5.69 Å². The van der Waals surface area contributed by atoms with Crippen LogP contribution >= 0.6 is 0 Å². The maximum atomic E-state index is 8.25. The van der Waals surface area contributed by atoms with Crippen molar-refractivity contribution in [2.45, 2.75) is 0 Å². The van der Waals surface area contributed by atoms with Gasteiger partial charge in [0.1, 0.15) is 0 Å². The van der Waals surface area contributed by atoms with Crippen molar-refractivity contribution >= 4 is 11.6 Å². The molecule has 0 aromatic heterocycles. The summed E-state index contributed by atoms with van der Waals surface area (Å²) in [5, 5.41) is 14.8. The summed E-state index contributed by atoms with van der Waals surface area (Å²) in [5.41, 5.74) is 11.1. The maximum Gasteiger partial charge on any atom is 0.191 e. The molecule has 1 aromatic carbocycles. The summed E-state index contributed by atoms with van der Waals surface area (Å²) in [6.45, 7) is 0. The highest BCUT2D eigenvalue weighted by Crippen LogP contribution is 2.07. The summed E-state index contributed by atoms with van der Waals surface area (Å²) in [4.78, 5) is 12.1. The first-order valence-electron chi connectivity index (χ1n) is 3.48. The summed E-state index contributed by atoms with van der Waals surface area (Å²) in [6.07, 6.45) is 0. The van der Waals surface area contributed by atoms with E-state index in [2.05, 4.69) is 4.99 Å². The average molecular weight is 197 g/mol. The second-order valence-electron chi connectivity index (χ2n) is 2.10. The van der Waals surface area contributed by atoms with E-state index in [0.717, 1.165) is 5.69 Å². The van der Waals surface area contributed by atoms with Crippen molar-refractivity contribution in [3.05, 3.63) is 45.7 Å². The fourth-order valence-electron chi connectivity index (χ4n) is 0.652. The largest absolute Gasteiger partial charge is 0.370 e. The highest BCUT2D eigenvalue weighted by atomic mass is 16.9. The molecule has 0 amide bonds. The van der Waals surface area contributed by atoms with Crippen LogP contribution in [-0.4, -0.2) is 11.0 Å². The van der Waals surface area contributed by atoms with Crippen LogP contribution in [-0.2, 0) is 0 Å². The number of para-hydroxylation sites is 1. The molecule has 0 aliphatic heterocycles. The standard InChI is InChI=1S/C7H9N3.NO3/c8-7(9)10-6-4-2-1-3-5-6;2-1(3)4/h1-5H,(H4,8,9,10);/q;-1. The molecule has 14 heavy (non-hydrogen) atoms. The van der Waals surface area contributed by atoms with Gasteiger partial charge in [0.05, 0.1) is 10.8 Å². The van der Waals surface area contributed by atoms with Crippen LogP contribution in [0.5, 0.6) is 0 Å². The zero-order chi connectivity index (χ0) is 11.0. The second kappa shape index (κ2) is 6.23. The smallest absolute Gasteiger partial charge is 0.191 e. The number of nitrogens with two attached hydrogens (primary N) is 2. The Bertz CT molecular complexity index is 304. The number of hydrogen-bond acceptors (Lipinski definition) is 4. The minimum Gasteiger partial charge on any atom is -0.370 e. The number of nitrogens with zero attached hydrogens (tertiary/aromatic N) is 2. The molecule has 7 heteroatoms. The van der Waals surface area contributed by atoms with E-state index >= 15 is 0 Å². The van der Waals surface area contributed by atoms with Crippen molar-refractivity contribution in [3.8, 4) is 0 Å². The first kappa shape index (κ1) is 11.7. The SMILES string of the molecule is NC(N)=Nc1ccccc1.O=[N+]([O-])[O-]. The molecule has 1 aromatic rings. The van der Waals surface area contributed by atoms with Crippen LogP contribution in [0.15, 0.2) is 35.3 Å². The van der Waals surface area contributed by atoms with E-state index in [1.54, 1.807) is 0 Å². The summed E-state index contributed by atoms with van der Waals surface area (Å²) in [7, 11) is 0. The molecule has 0 aliphatic carbocycles. The lowest BCUT2D eigenvalue weighted by molar-refractivity contribution is -0.402. The number of rotatable bonds is 1. The van der Waals surface area contributed by atoms with Crippen LogP contribution in [0.1, 0.15) is 0 Å². The highest BCUT2D eigenvalue weighted by molar-refractivity contribution is 5.78. The molecular weight excluding hydrogens is 188 g/mol. The summed E-state index contributed by atoms with van der Waals surface area (Å²) in [6, 6.07) is 9.33. The molecule has 0 saturated carbocycles. The molecule has 0 bridgehead atoms. The number of benzene rings is 1. The quantitative estimate of drug-likeness (QED) is 0.290. The van der Waals surface area contributed by atoms with Crippen LogP contribution in [0.25, 0.3) is 0 Å². The Hall–Kier alpha value is -2.31. The van der Waals surface area contributed by atoms with Crippen molar-refractivity contribution < 1.29 is 5.09 Å². The predicted octanol–water partition coefficient (Wildman–Crippen LogP) is 0.352. The molecule has 7 nitrogen and oxygen atoms in total. The van der Waals surface area contributed by atoms with E-state index < -0.39 is 5.09 Å². The van der Waals surface area contributed by atoms with E-state index in [0.29, 0.717) is 0 Å². The molecule has 1 rings (SSSR count). The van der Waals surface area contributed by atoms with Gasteiger partial charge in [0.2, 0.25) is 0 Å². The fraction of sp³-hybridized carbons (Fsp3) is 0. The van der Waals surface area contributed by atoms with Gasteiger partial charge in [-0.2, -0.15) is 0 Å². The molecule has 0 spiro atoms. The third kappa shape index (κ3) is 7.79. The summed E-state index contributed by atoms with van der Waals surface area (Å²) < 4.78 is 0. The highest BCUT2D eigenvalue weighted by Gasteiger charge is 1.83. The Balaban J connectivity index is 0.000000364. The van der Waals surface area contributed by atoms with E-state index in [1.165, 1.54) is 0 Å². The minimum absolute atomic E-state index is 0.0891. The Morgan fingerprint density at radius 1 is 1.21 bits per heavy atom. The van der Waals surface area contributed by atoms with Crippen molar-refractivity contribution in [1.82, 2.24) is 0 Å². The van der Waals surface area contributed by atoms with E-state index in [-0.39, 0.29) is 5.96 Å². The Morgan fingerprint density at radius 3 is 2.00 bits per heavy atom. The van der Waals surface area contributed by atoms with Gasteiger partial charge < -0.3 is 26.8 Å². The lowest BCUT2D eigenvalue weighted by Gasteiger charge is -1.91. The van der Waals surface area contributed by atoms with E-state index in [1.807, 2.05) is 30.3 Å².